The van der Waals surface area contributed by atoms with Crippen molar-refractivity contribution >= 4 is 33.5 Å². The normalized spacial score (nSPS) is 18.1. The van der Waals surface area contributed by atoms with Crippen molar-refractivity contribution in [1.29, 1.82) is 0 Å². The number of cyclic esters (lactones) is 1. The number of hydrogen-bond acceptors (Lipinski definition) is 4. The van der Waals surface area contributed by atoms with Gasteiger partial charge in [0.25, 0.3) is 0 Å². The van der Waals surface area contributed by atoms with Crippen LogP contribution in [0, 0.1) is 0 Å². The summed E-state index contributed by atoms with van der Waals surface area (Å²) in [5, 5.41) is 3.59. The van der Waals surface area contributed by atoms with Crippen LogP contribution in [0.1, 0.15) is 28.4 Å². The van der Waals surface area contributed by atoms with Crippen molar-refractivity contribution in [1.82, 2.24) is 0 Å². The molecule has 0 bridgehead atoms. The molecule has 4 aromatic carbocycles. The van der Waals surface area contributed by atoms with Gasteiger partial charge in [0.05, 0.1) is 11.1 Å². The molecule has 0 amide bonds. The van der Waals surface area contributed by atoms with Crippen molar-refractivity contribution in [3.05, 3.63) is 95.6 Å². The molecule has 4 heteroatoms. The molecule has 0 saturated carbocycles. The summed E-state index contributed by atoms with van der Waals surface area (Å²) in [6, 6.07) is 24.8. The van der Waals surface area contributed by atoms with Crippen LogP contribution in [0.2, 0.25) is 0 Å². The van der Waals surface area contributed by atoms with E-state index in [1.54, 1.807) is 6.07 Å². The number of esters is 2. The van der Waals surface area contributed by atoms with Crippen LogP contribution in [0.15, 0.2) is 78.9 Å². The molecule has 0 fully saturated rings. The predicted molar refractivity (Wildman–Crippen MR) is 106 cm³/mol. The van der Waals surface area contributed by atoms with Gasteiger partial charge in [-0.3, -0.25) is 4.79 Å². The molecule has 5 rings (SSSR count). The predicted octanol–water partition coefficient (Wildman–Crippen LogP) is 4.93. The van der Waals surface area contributed by atoms with Gasteiger partial charge in [-0.05, 0) is 27.6 Å². The van der Waals surface area contributed by atoms with E-state index < -0.39 is 17.7 Å². The molecule has 0 aliphatic carbocycles. The zero-order valence-electron chi connectivity index (χ0n) is 15.1. The number of carbonyl (C=O) groups is 2. The molecule has 0 unspecified atom stereocenters. The first-order chi connectivity index (χ1) is 13.6. The first kappa shape index (κ1) is 16.5. The van der Waals surface area contributed by atoms with Crippen molar-refractivity contribution in [3.63, 3.8) is 0 Å². The summed E-state index contributed by atoms with van der Waals surface area (Å²) in [6.07, 6.45) is 0. The fourth-order valence-corrected chi connectivity index (χ4v) is 4.06. The van der Waals surface area contributed by atoms with Crippen molar-refractivity contribution in [3.8, 4) is 0 Å². The molecule has 1 aliphatic rings. The molecule has 28 heavy (non-hydrogen) atoms. The van der Waals surface area contributed by atoms with Crippen LogP contribution in [-0.2, 0) is 20.1 Å². The molecule has 0 spiro atoms. The van der Waals surface area contributed by atoms with E-state index in [2.05, 4.69) is 0 Å². The molecular weight excluding hydrogens is 352 g/mol. The van der Waals surface area contributed by atoms with E-state index in [1.165, 1.54) is 6.92 Å². The minimum absolute atomic E-state index is 0.410. The minimum Gasteiger partial charge on any atom is -0.414 e. The molecule has 4 aromatic rings. The highest BCUT2D eigenvalue weighted by molar-refractivity contribution is 6.04. The van der Waals surface area contributed by atoms with Crippen LogP contribution >= 0.6 is 0 Å². The van der Waals surface area contributed by atoms with Crippen molar-refractivity contribution in [2.75, 3.05) is 0 Å². The Morgan fingerprint density at radius 1 is 0.821 bits per heavy atom. The second-order valence-electron chi connectivity index (χ2n) is 6.84. The fraction of sp³-hybridized carbons (Fsp3) is 0.0833. The van der Waals surface area contributed by atoms with Crippen LogP contribution in [0.5, 0.6) is 0 Å². The third kappa shape index (κ3) is 2.24. The first-order valence-corrected chi connectivity index (χ1v) is 9.03. The van der Waals surface area contributed by atoms with Gasteiger partial charge >= 0.3 is 17.7 Å². The highest BCUT2D eigenvalue weighted by Crippen LogP contribution is 2.48. The summed E-state index contributed by atoms with van der Waals surface area (Å²) in [5.41, 5.74) is 1.61. The maximum absolute atomic E-state index is 12.8. The number of carbonyl (C=O) groups excluding carboxylic acids is 2. The summed E-state index contributed by atoms with van der Waals surface area (Å²) < 4.78 is 11.7. The Balaban J connectivity index is 1.93. The van der Waals surface area contributed by atoms with Crippen LogP contribution < -0.4 is 0 Å². The lowest BCUT2D eigenvalue weighted by Crippen LogP contribution is -2.33. The van der Waals surface area contributed by atoms with Gasteiger partial charge < -0.3 is 9.47 Å². The molecule has 136 valence electrons. The zero-order valence-corrected chi connectivity index (χ0v) is 15.1. The number of ether oxygens (including phenoxy) is 2. The van der Waals surface area contributed by atoms with E-state index >= 15 is 0 Å². The summed E-state index contributed by atoms with van der Waals surface area (Å²) in [4.78, 5) is 25.0. The summed E-state index contributed by atoms with van der Waals surface area (Å²) >= 11 is 0. The van der Waals surface area contributed by atoms with Gasteiger partial charge in [0.15, 0.2) is 0 Å². The monoisotopic (exact) mass is 368 g/mol. The number of rotatable bonds is 2. The highest BCUT2D eigenvalue weighted by Gasteiger charge is 2.52. The van der Waals surface area contributed by atoms with Gasteiger partial charge in [-0.15, -0.1) is 0 Å². The summed E-state index contributed by atoms with van der Waals surface area (Å²) in [6.45, 7) is 1.32. The van der Waals surface area contributed by atoms with Crippen LogP contribution in [0.25, 0.3) is 21.5 Å². The number of hydrogen-bond donors (Lipinski definition) is 0. The van der Waals surface area contributed by atoms with E-state index in [9.17, 15) is 9.59 Å². The summed E-state index contributed by atoms with van der Waals surface area (Å²) in [7, 11) is 0. The van der Waals surface area contributed by atoms with Crippen molar-refractivity contribution in [2.45, 2.75) is 12.7 Å². The SMILES string of the molecule is CC(=O)O[C@@]1(c2cccc3ccccc23)OC(=O)c2ccc3ccccc3c21. The molecule has 1 heterocycles. The molecule has 1 atom stereocenters. The Labute approximate surface area is 161 Å². The minimum atomic E-state index is -1.63. The molecular formula is C24H16O4. The van der Waals surface area contributed by atoms with Gasteiger partial charge in [0.2, 0.25) is 0 Å². The molecule has 0 N–H and O–H groups in total. The van der Waals surface area contributed by atoms with E-state index in [0.717, 1.165) is 21.5 Å². The Morgan fingerprint density at radius 3 is 2.21 bits per heavy atom. The van der Waals surface area contributed by atoms with Gasteiger partial charge in [-0.2, -0.15) is 0 Å². The lowest BCUT2D eigenvalue weighted by Gasteiger charge is -2.30. The Kier molecular flexibility index (Phi) is 3.49. The van der Waals surface area contributed by atoms with Crippen molar-refractivity contribution in [2.24, 2.45) is 0 Å². The fourth-order valence-electron chi connectivity index (χ4n) is 4.06. The Bertz CT molecular complexity index is 1260. The lowest BCUT2D eigenvalue weighted by molar-refractivity contribution is -0.190. The van der Waals surface area contributed by atoms with E-state index in [1.807, 2.05) is 72.8 Å². The van der Waals surface area contributed by atoms with Crippen LogP contribution in [0.4, 0.5) is 0 Å². The Morgan fingerprint density at radius 2 is 1.46 bits per heavy atom. The summed E-state index contributed by atoms with van der Waals surface area (Å²) in [5.74, 6) is -2.66. The third-order valence-electron chi connectivity index (χ3n) is 5.15. The zero-order chi connectivity index (χ0) is 19.3. The van der Waals surface area contributed by atoms with E-state index in [-0.39, 0.29) is 0 Å². The maximum atomic E-state index is 12.8. The van der Waals surface area contributed by atoms with E-state index in [0.29, 0.717) is 16.7 Å². The quantitative estimate of drug-likeness (QED) is 0.471. The average molecular weight is 368 g/mol. The largest absolute Gasteiger partial charge is 0.414 e. The highest BCUT2D eigenvalue weighted by atomic mass is 16.7. The van der Waals surface area contributed by atoms with Gasteiger partial charge in [0.1, 0.15) is 0 Å². The maximum Gasteiger partial charge on any atom is 0.342 e. The molecule has 4 nitrogen and oxygen atoms in total. The molecule has 0 aromatic heterocycles. The van der Waals surface area contributed by atoms with Gasteiger partial charge in [-0.25, -0.2) is 4.79 Å². The number of benzene rings is 4. The van der Waals surface area contributed by atoms with Crippen LogP contribution in [-0.4, -0.2) is 11.9 Å². The third-order valence-corrected chi connectivity index (χ3v) is 5.15. The second kappa shape index (κ2) is 5.92. The smallest absolute Gasteiger partial charge is 0.342 e. The number of fused-ring (bicyclic) bond motifs is 4. The first-order valence-electron chi connectivity index (χ1n) is 9.03. The molecule has 1 aliphatic heterocycles. The average Bonchev–Trinajstić information content (AvgIpc) is 2.99. The Hall–Kier alpha value is -3.66. The van der Waals surface area contributed by atoms with E-state index in [4.69, 9.17) is 9.47 Å². The standard InChI is InChI=1S/C24H16O4/c1-15(25)27-24(21-12-6-9-16-7-2-4-10-18(16)21)22-19-11-5-3-8-17(19)13-14-20(22)23(26)28-24/h2-14H,1H3/t24-/m0/s1. The topological polar surface area (TPSA) is 52.6 Å². The van der Waals surface area contributed by atoms with Crippen LogP contribution in [0.3, 0.4) is 0 Å². The lowest BCUT2D eigenvalue weighted by atomic mass is 9.88. The van der Waals surface area contributed by atoms with Crippen molar-refractivity contribution < 1.29 is 19.1 Å². The molecule has 0 radical (unpaired) electrons. The second-order valence-corrected chi connectivity index (χ2v) is 6.84. The van der Waals surface area contributed by atoms with Gasteiger partial charge in [-0.1, -0.05) is 72.8 Å². The van der Waals surface area contributed by atoms with Gasteiger partial charge in [0, 0.05) is 12.5 Å². The molecule has 0 saturated heterocycles.